The largest absolute Gasteiger partial charge is 0.454 e. The van der Waals surface area contributed by atoms with Gasteiger partial charge in [0.25, 0.3) is 5.56 Å². The summed E-state index contributed by atoms with van der Waals surface area (Å²) in [4.78, 5) is 15.9. The SMILES string of the molecule is CC(c1cc(-c2ccccc2)n[nH]1)N(C)Cc1cc2cc3c(cc2n(Cc2cccc(F)c2)c1=O)OCO3. The summed E-state index contributed by atoms with van der Waals surface area (Å²) in [7, 11) is 1.98. The number of fused-ring (bicyclic) bond motifs is 2. The van der Waals surface area contributed by atoms with Crippen LogP contribution in [0.2, 0.25) is 0 Å². The second-order valence-electron chi connectivity index (χ2n) is 9.62. The molecule has 192 valence electrons. The topological polar surface area (TPSA) is 72.4 Å². The lowest BCUT2D eigenvalue weighted by atomic mass is 10.1. The molecule has 8 heteroatoms. The predicted octanol–water partition coefficient (Wildman–Crippen LogP) is 5.50. The molecule has 0 saturated carbocycles. The van der Waals surface area contributed by atoms with Crippen molar-refractivity contribution in [1.82, 2.24) is 19.7 Å². The summed E-state index contributed by atoms with van der Waals surface area (Å²) in [6, 6.07) is 24.0. The molecule has 3 aromatic carbocycles. The van der Waals surface area contributed by atoms with E-state index in [4.69, 9.17) is 9.47 Å². The number of H-pyrrole nitrogens is 1. The minimum Gasteiger partial charge on any atom is -0.454 e. The Labute approximate surface area is 219 Å². The summed E-state index contributed by atoms with van der Waals surface area (Å²) in [5.41, 5.74) is 4.79. The molecule has 3 heterocycles. The van der Waals surface area contributed by atoms with Crippen molar-refractivity contribution in [1.29, 1.82) is 0 Å². The molecule has 1 unspecified atom stereocenters. The van der Waals surface area contributed by atoms with Crippen LogP contribution in [0, 0.1) is 5.82 Å². The number of hydrogen-bond donors (Lipinski definition) is 1. The number of rotatable bonds is 7. The summed E-state index contributed by atoms with van der Waals surface area (Å²) in [6.45, 7) is 2.86. The highest BCUT2D eigenvalue weighted by Crippen LogP contribution is 2.36. The molecule has 7 nitrogen and oxygen atoms in total. The Kier molecular flexibility index (Phi) is 6.17. The summed E-state index contributed by atoms with van der Waals surface area (Å²) < 4.78 is 26.8. The van der Waals surface area contributed by atoms with Crippen molar-refractivity contribution in [3.05, 3.63) is 112 Å². The lowest BCUT2D eigenvalue weighted by Crippen LogP contribution is -2.30. The van der Waals surface area contributed by atoms with Gasteiger partial charge in [0.2, 0.25) is 6.79 Å². The molecule has 1 aliphatic heterocycles. The Morgan fingerprint density at radius 3 is 2.61 bits per heavy atom. The van der Waals surface area contributed by atoms with Crippen LogP contribution >= 0.6 is 0 Å². The van der Waals surface area contributed by atoms with Crippen molar-refractivity contribution in [3.8, 4) is 22.8 Å². The van der Waals surface area contributed by atoms with E-state index < -0.39 is 0 Å². The molecule has 0 spiro atoms. The Balaban J connectivity index is 1.35. The zero-order valence-corrected chi connectivity index (χ0v) is 21.1. The minimum atomic E-state index is -0.336. The van der Waals surface area contributed by atoms with E-state index in [2.05, 4.69) is 22.0 Å². The molecular weight excluding hydrogens is 483 g/mol. The van der Waals surface area contributed by atoms with Crippen LogP contribution in [-0.2, 0) is 13.1 Å². The highest BCUT2D eigenvalue weighted by molar-refractivity contribution is 5.84. The van der Waals surface area contributed by atoms with E-state index in [0.717, 1.165) is 22.3 Å². The molecule has 1 atom stereocenters. The average molecular weight is 511 g/mol. The van der Waals surface area contributed by atoms with Gasteiger partial charge in [0.05, 0.1) is 23.4 Å². The second-order valence-corrected chi connectivity index (χ2v) is 9.62. The number of aromatic nitrogens is 3. The predicted molar refractivity (Wildman–Crippen MR) is 144 cm³/mol. The van der Waals surface area contributed by atoms with Gasteiger partial charge in [-0.2, -0.15) is 5.10 Å². The lowest BCUT2D eigenvalue weighted by Gasteiger charge is -2.24. The van der Waals surface area contributed by atoms with Crippen molar-refractivity contribution < 1.29 is 13.9 Å². The molecule has 1 N–H and O–H groups in total. The van der Waals surface area contributed by atoms with Crippen LogP contribution in [0.4, 0.5) is 4.39 Å². The van der Waals surface area contributed by atoms with Gasteiger partial charge in [-0.25, -0.2) is 4.39 Å². The standard InChI is InChI=1S/C30H27FN4O3/c1-19(25-14-26(33-32-25)21-8-4-3-5-9-21)34(2)17-23-12-22-13-28-29(38-18-37-28)15-27(22)35(30(23)36)16-20-7-6-10-24(31)11-20/h3-15,19H,16-18H2,1-2H3,(H,32,33). The van der Waals surface area contributed by atoms with Crippen molar-refractivity contribution >= 4 is 10.9 Å². The quantitative estimate of drug-likeness (QED) is 0.313. The van der Waals surface area contributed by atoms with Gasteiger partial charge in [-0.15, -0.1) is 0 Å². The third-order valence-corrected chi connectivity index (χ3v) is 7.09. The normalized spacial score (nSPS) is 13.4. The highest BCUT2D eigenvalue weighted by atomic mass is 19.1. The third kappa shape index (κ3) is 4.54. The van der Waals surface area contributed by atoms with E-state index in [-0.39, 0.29) is 30.8 Å². The van der Waals surface area contributed by atoms with Crippen LogP contribution in [0.15, 0.2) is 83.7 Å². The van der Waals surface area contributed by atoms with Gasteiger partial charge in [0, 0.05) is 35.2 Å². The third-order valence-electron chi connectivity index (χ3n) is 7.09. The summed E-state index contributed by atoms with van der Waals surface area (Å²) >= 11 is 0. The van der Waals surface area contributed by atoms with Gasteiger partial charge in [-0.3, -0.25) is 14.8 Å². The van der Waals surface area contributed by atoms with Gasteiger partial charge >= 0.3 is 0 Å². The van der Waals surface area contributed by atoms with Gasteiger partial charge in [-0.1, -0.05) is 42.5 Å². The Morgan fingerprint density at radius 2 is 1.82 bits per heavy atom. The molecule has 0 aliphatic carbocycles. The molecule has 1 aliphatic rings. The first-order valence-corrected chi connectivity index (χ1v) is 12.5. The maximum absolute atomic E-state index is 13.9. The summed E-state index contributed by atoms with van der Waals surface area (Å²) in [6.07, 6.45) is 0. The van der Waals surface area contributed by atoms with Crippen LogP contribution in [0.3, 0.4) is 0 Å². The number of hydrogen-bond acceptors (Lipinski definition) is 5. The monoisotopic (exact) mass is 510 g/mol. The average Bonchev–Trinajstić information content (AvgIpc) is 3.60. The van der Waals surface area contributed by atoms with Gasteiger partial charge in [-0.05, 0) is 49.9 Å². The second kappa shape index (κ2) is 9.79. The number of aromatic amines is 1. The van der Waals surface area contributed by atoms with Crippen LogP contribution in [-0.4, -0.2) is 33.5 Å². The van der Waals surface area contributed by atoms with Crippen LogP contribution in [0.25, 0.3) is 22.2 Å². The van der Waals surface area contributed by atoms with E-state index in [9.17, 15) is 9.18 Å². The van der Waals surface area contributed by atoms with Crippen LogP contribution in [0.1, 0.15) is 29.8 Å². The Hall–Kier alpha value is -4.43. The van der Waals surface area contributed by atoms with Gasteiger partial charge in [0.15, 0.2) is 11.5 Å². The molecule has 0 radical (unpaired) electrons. The van der Waals surface area contributed by atoms with Crippen molar-refractivity contribution in [2.45, 2.75) is 26.1 Å². The lowest BCUT2D eigenvalue weighted by molar-refractivity contribution is 0.174. The number of halogens is 1. The van der Waals surface area contributed by atoms with E-state index >= 15 is 0 Å². The number of pyridine rings is 1. The summed E-state index contributed by atoms with van der Waals surface area (Å²) in [5, 5.41) is 8.49. The van der Waals surface area contributed by atoms with Crippen molar-refractivity contribution in [3.63, 3.8) is 0 Å². The molecular formula is C30H27FN4O3. The molecule has 0 saturated heterocycles. The molecule has 2 aromatic heterocycles. The Bertz CT molecular complexity index is 1680. The Morgan fingerprint density at radius 1 is 1.03 bits per heavy atom. The van der Waals surface area contributed by atoms with E-state index in [1.807, 2.05) is 67.7 Å². The number of ether oxygens (including phenoxy) is 2. The van der Waals surface area contributed by atoms with Crippen molar-refractivity contribution in [2.75, 3.05) is 13.8 Å². The van der Waals surface area contributed by atoms with E-state index in [1.54, 1.807) is 10.6 Å². The molecule has 38 heavy (non-hydrogen) atoms. The first-order valence-electron chi connectivity index (χ1n) is 12.5. The fourth-order valence-electron chi connectivity index (χ4n) is 4.87. The van der Waals surface area contributed by atoms with Gasteiger partial charge in [0.1, 0.15) is 5.82 Å². The fourth-order valence-corrected chi connectivity index (χ4v) is 4.87. The molecule has 0 amide bonds. The number of benzene rings is 3. The first kappa shape index (κ1) is 23.9. The van der Waals surface area contributed by atoms with Crippen LogP contribution < -0.4 is 15.0 Å². The maximum atomic E-state index is 13.9. The maximum Gasteiger partial charge on any atom is 0.255 e. The van der Waals surface area contributed by atoms with E-state index in [1.165, 1.54) is 12.1 Å². The van der Waals surface area contributed by atoms with Crippen LogP contribution in [0.5, 0.6) is 11.5 Å². The van der Waals surface area contributed by atoms with Crippen molar-refractivity contribution in [2.24, 2.45) is 0 Å². The van der Waals surface area contributed by atoms with E-state index in [0.29, 0.717) is 34.7 Å². The first-order chi connectivity index (χ1) is 18.5. The van der Waals surface area contributed by atoms with Gasteiger partial charge < -0.3 is 14.0 Å². The number of nitrogens with zero attached hydrogens (tertiary/aromatic N) is 3. The smallest absolute Gasteiger partial charge is 0.255 e. The molecule has 0 bridgehead atoms. The molecule has 5 aromatic rings. The molecule has 0 fully saturated rings. The number of nitrogens with one attached hydrogen (secondary N) is 1. The minimum absolute atomic E-state index is 0.0246. The highest BCUT2D eigenvalue weighted by Gasteiger charge is 2.21. The fraction of sp³-hybridized carbons (Fsp3) is 0.200. The zero-order valence-electron chi connectivity index (χ0n) is 21.1. The summed E-state index contributed by atoms with van der Waals surface area (Å²) in [5.74, 6) is 0.903. The zero-order chi connectivity index (χ0) is 26.2. The molecule has 6 rings (SSSR count).